The van der Waals surface area contributed by atoms with Crippen molar-refractivity contribution in [1.82, 2.24) is 0 Å². The molecule has 0 fully saturated rings. The number of hydrogen-bond donors (Lipinski definition) is 1. The third-order valence-corrected chi connectivity index (χ3v) is 3.62. The van der Waals surface area contributed by atoms with E-state index in [0.29, 0.717) is 11.3 Å². The number of esters is 1. The number of rotatable bonds is 3. The molecule has 3 rings (SSSR count). The van der Waals surface area contributed by atoms with Crippen molar-refractivity contribution in [2.75, 3.05) is 5.32 Å². The number of nitrogens with one attached hydrogen (secondary N) is 1. The predicted octanol–water partition coefficient (Wildman–Crippen LogP) is 3.89. The number of nitriles is 1. The molecule has 0 saturated heterocycles. The van der Waals surface area contributed by atoms with E-state index in [9.17, 15) is 9.59 Å². The van der Waals surface area contributed by atoms with Crippen LogP contribution in [0.15, 0.2) is 60.7 Å². The van der Waals surface area contributed by atoms with E-state index in [1.54, 1.807) is 36.4 Å². The average molecular weight is 330 g/mol. The minimum absolute atomic E-state index is 0.206. The quantitative estimate of drug-likeness (QED) is 0.583. The van der Waals surface area contributed by atoms with Crippen LogP contribution in [0.1, 0.15) is 22.8 Å². The zero-order chi connectivity index (χ0) is 17.8. The summed E-state index contributed by atoms with van der Waals surface area (Å²) in [6, 6.07) is 19.4. The summed E-state index contributed by atoms with van der Waals surface area (Å²) in [6.07, 6.45) is 0. The van der Waals surface area contributed by atoms with Gasteiger partial charge < -0.3 is 10.1 Å². The highest BCUT2D eigenvalue weighted by molar-refractivity contribution is 6.09. The standard InChI is InChI=1S/C20H14N2O3/c1-13(23)25-19-11-16-5-3-2-4-15(16)10-18(19)20(24)22-17-8-6-14(12-21)7-9-17/h2-11H,1H3,(H,22,24). The molecule has 0 aliphatic heterocycles. The molecule has 0 aromatic heterocycles. The van der Waals surface area contributed by atoms with Crippen LogP contribution in [0.4, 0.5) is 5.69 Å². The normalized spacial score (nSPS) is 10.1. The lowest BCUT2D eigenvalue weighted by Gasteiger charge is -2.11. The monoisotopic (exact) mass is 330 g/mol. The number of ether oxygens (including phenoxy) is 1. The van der Waals surface area contributed by atoms with Crippen molar-refractivity contribution in [3.63, 3.8) is 0 Å². The van der Waals surface area contributed by atoms with Crippen LogP contribution in [-0.4, -0.2) is 11.9 Å². The molecule has 0 heterocycles. The Labute approximate surface area is 144 Å². The highest BCUT2D eigenvalue weighted by Crippen LogP contribution is 2.27. The van der Waals surface area contributed by atoms with E-state index in [4.69, 9.17) is 10.00 Å². The van der Waals surface area contributed by atoms with Crippen molar-refractivity contribution in [3.05, 3.63) is 71.8 Å². The van der Waals surface area contributed by atoms with E-state index in [1.165, 1.54) is 6.92 Å². The third-order valence-electron chi connectivity index (χ3n) is 3.62. The van der Waals surface area contributed by atoms with Crippen molar-refractivity contribution >= 4 is 28.3 Å². The molecule has 0 spiro atoms. The van der Waals surface area contributed by atoms with Gasteiger partial charge in [0.05, 0.1) is 17.2 Å². The van der Waals surface area contributed by atoms with Gasteiger partial charge >= 0.3 is 5.97 Å². The van der Waals surface area contributed by atoms with Crippen LogP contribution in [0.5, 0.6) is 5.75 Å². The number of carbonyl (C=O) groups excluding carboxylic acids is 2. The van der Waals surface area contributed by atoms with Gasteiger partial charge in [-0.15, -0.1) is 0 Å². The molecule has 3 aromatic rings. The highest BCUT2D eigenvalue weighted by Gasteiger charge is 2.16. The molecule has 0 atom stereocenters. The molecule has 3 aromatic carbocycles. The Kier molecular flexibility index (Phi) is 4.44. The molecular weight excluding hydrogens is 316 g/mol. The van der Waals surface area contributed by atoms with E-state index in [2.05, 4.69) is 5.32 Å². The molecular formula is C20H14N2O3. The Morgan fingerprint density at radius 2 is 1.64 bits per heavy atom. The van der Waals surface area contributed by atoms with Crippen LogP contribution < -0.4 is 10.1 Å². The molecule has 0 aliphatic rings. The molecule has 0 saturated carbocycles. The van der Waals surface area contributed by atoms with Gasteiger partial charge in [0.15, 0.2) is 0 Å². The van der Waals surface area contributed by atoms with Crippen molar-refractivity contribution < 1.29 is 14.3 Å². The molecule has 5 nitrogen and oxygen atoms in total. The summed E-state index contributed by atoms with van der Waals surface area (Å²) < 4.78 is 5.21. The van der Waals surface area contributed by atoms with Crippen molar-refractivity contribution in [3.8, 4) is 11.8 Å². The largest absolute Gasteiger partial charge is 0.426 e. The second-order valence-electron chi connectivity index (χ2n) is 5.43. The summed E-state index contributed by atoms with van der Waals surface area (Å²) in [5, 5.41) is 13.3. The summed E-state index contributed by atoms with van der Waals surface area (Å²) in [4.78, 5) is 24.0. The summed E-state index contributed by atoms with van der Waals surface area (Å²) >= 11 is 0. The van der Waals surface area contributed by atoms with Gasteiger partial charge in [0.25, 0.3) is 5.91 Å². The zero-order valence-electron chi connectivity index (χ0n) is 13.4. The number of nitrogens with zero attached hydrogens (tertiary/aromatic N) is 1. The summed E-state index contributed by atoms with van der Waals surface area (Å²) in [5.74, 6) is -0.688. The summed E-state index contributed by atoms with van der Waals surface area (Å²) in [5.41, 5.74) is 1.31. The van der Waals surface area contributed by atoms with Crippen LogP contribution in [0.3, 0.4) is 0 Å². The molecule has 122 valence electrons. The Bertz CT molecular complexity index is 1000. The molecule has 0 aliphatic carbocycles. The van der Waals surface area contributed by atoms with Gasteiger partial charge in [0.1, 0.15) is 5.75 Å². The molecule has 5 heteroatoms. The molecule has 0 radical (unpaired) electrons. The number of anilines is 1. The van der Waals surface area contributed by atoms with Crippen molar-refractivity contribution in [2.24, 2.45) is 0 Å². The predicted molar refractivity (Wildman–Crippen MR) is 94.4 cm³/mol. The minimum Gasteiger partial charge on any atom is -0.426 e. The summed E-state index contributed by atoms with van der Waals surface area (Å²) in [6.45, 7) is 1.29. The van der Waals surface area contributed by atoms with Gasteiger partial charge in [-0.05, 0) is 47.2 Å². The van der Waals surface area contributed by atoms with E-state index < -0.39 is 11.9 Å². The first-order chi connectivity index (χ1) is 12.1. The van der Waals surface area contributed by atoms with Gasteiger partial charge in [-0.2, -0.15) is 5.26 Å². The maximum atomic E-state index is 12.6. The number of hydrogen-bond acceptors (Lipinski definition) is 4. The molecule has 0 unspecified atom stereocenters. The molecule has 1 N–H and O–H groups in total. The van der Waals surface area contributed by atoms with E-state index in [0.717, 1.165) is 10.8 Å². The number of amides is 1. The maximum absolute atomic E-state index is 12.6. The second kappa shape index (κ2) is 6.85. The fourth-order valence-electron chi connectivity index (χ4n) is 2.46. The van der Waals surface area contributed by atoms with Crippen LogP contribution in [0, 0.1) is 11.3 Å². The second-order valence-corrected chi connectivity index (χ2v) is 5.43. The number of benzene rings is 3. The van der Waals surface area contributed by atoms with Gasteiger partial charge in [-0.3, -0.25) is 9.59 Å². The van der Waals surface area contributed by atoms with Crippen LogP contribution in [0.2, 0.25) is 0 Å². The smallest absolute Gasteiger partial charge is 0.308 e. The highest BCUT2D eigenvalue weighted by atomic mass is 16.5. The minimum atomic E-state index is -0.497. The lowest BCUT2D eigenvalue weighted by molar-refractivity contribution is -0.131. The Morgan fingerprint density at radius 3 is 2.24 bits per heavy atom. The first-order valence-electron chi connectivity index (χ1n) is 7.59. The third kappa shape index (κ3) is 3.65. The number of carbonyl (C=O) groups is 2. The first-order valence-corrected chi connectivity index (χ1v) is 7.59. The average Bonchev–Trinajstić information content (AvgIpc) is 2.61. The van der Waals surface area contributed by atoms with Gasteiger partial charge in [0, 0.05) is 12.6 Å². The number of fused-ring (bicyclic) bond motifs is 1. The van der Waals surface area contributed by atoms with Gasteiger partial charge in [-0.25, -0.2) is 0 Å². The molecule has 1 amide bonds. The topological polar surface area (TPSA) is 79.2 Å². The van der Waals surface area contributed by atoms with E-state index >= 15 is 0 Å². The van der Waals surface area contributed by atoms with Gasteiger partial charge in [-0.1, -0.05) is 24.3 Å². The van der Waals surface area contributed by atoms with E-state index in [1.807, 2.05) is 30.3 Å². The Hall–Kier alpha value is -3.65. The van der Waals surface area contributed by atoms with Crippen LogP contribution >= 0.6 is 0 Å². The van der Waals surface area contributed by atoms with Crippen LogP contribution in [-0.2, 0) is 4.79 Å². The molecule has 0 bridgehead atoms. The van der Waals surface area contributed by atoms with Crippen molar-refractivity contribution in [2.45, 2.75) is 6.92 Å². The first kappa shape index (κ1) is 16.2. The Balaban J connectivity index is 1.98. The fourth-order valence-corrected chi connectivity index (χ4v) is 2.46. The van der Waals surface area contributed by atoms with Gasteiger partial charge in [0.2, 0.25) is 0 Å². The SMILES string of the molecule is CC(=O)Oc1cc2ccccc2cc1C(=O)Nc1ccc(C#N)cc1. The Morgan fingerprint density at radius 1 is 1.00 bits per heavy atom. The lowest BCUT2D eigenvalue weighted by Crippen LogP contribution is -2.15. The fraction of sp³-hybridized carbons (Fsp3) is 0.0500. The summed E-state index contributed by atoms with van der Waals surface area (Å²) in [7, 11) is 0. The van der Waals surface area contributed by atoms with E-state index in [-0.39, 0.29) is 11.3 Å². The molecule has 25 heavy (non-hydrogen) atoms. The zero-order valence-corrected chi connectivity index (χ0v) is 13.4. The van der Waals surface area contributed by atoms with Crippen molar-refractivity contribution in [1.29, 1.82) is 5.26 Å². The lowest BCUT2D eigenvalue weighted by atomic mass is 10.1. The maximum Gasteiger partial charge on any atom is 0.308 e. The van der Waals surface area contributed by atoms with Crippen LogP contribution in [0.25, 0.3) is 10.8 Å².